The maximum absolute atomic E-state index is 9.40. The van der Waals surface area contributed by atoms with Gasteiger partial charge >= 0.3 is 0 Å². The molecule has 2 aromatic rings. The predicted molar refractivity (Wildman–Crippen MR) is 70.9 cm³/mol. The summed E-state index contributed by atoms with van der Waals surface area (Å²) < 4.78 is 5.73. The molecular weight excluding hydrogens is 226 g/mol. The Morgan fingerprint density at radius 2 is 1.94 bits per heavy atom. The molecule has 1 heterocycles. The SMILES string of the molecule is Cc1cccc(Oc2ccc(C(C)O)cn2)c1C. The number of nitrogens with zero attached hydrogens (tertiary/aromatic N) is 1. The summed E-state index contributed by atoms with van der Waals surface area (Å²) in [7, 11) is 0. The number of aliphatic hydroxyl groups excluding tert-OH is 1. The van der Waals surface area contributed by atoms with Gasteiger partial charge in [0.05, 0.1) is 6.10 Å². The standard InChI is InChI=1S/C15H17NO2/c1-10-5-4-6-14(11(10)2)18-15-8-7-13(9-16-15)12(3)17/h4-9,12,17H,1-3H3. The van der Waals surface area contributed by atoms with E-state index in [1.807, 2.05) is 38.1 Å². The number of ether oxygens (including phenoxy) is 1. The Bertz CT molecular complexity index is 533. The zero-order chi connectivity index (χ0) is 13.1. The van der Waals surface area contributed by atoms with Gasteiger partial charge in [0.2, 0.25) is 5.88 Å². The summed E-state index contributed by atoms with van der Waals surface area (Å²) in [5.41, 5.74) is 3.08. The van der Waals surface area contributed by atoms with Gasteiger partial charge in [0.25, 0.3) is 0 Å². The van der Waals surface area contributed by atoms with E-state index in [2.05, 4.69) is 4.98 Å². The first-order valence-electron chi connectivity index (χ1n) is 5.96. The normalized spacial score (nSPS) is 12.2. The molecule has 94 valence electrons. The highest BCUT2D eigenvalue weighted by atomic mass is 16.5. The number of rotatable bonds is 3. The highest BCUT2D eigenvalue weighted by Crippen LogP contribution is 2.26. The summed E-state index contributed by atoms with van der Waals surface area (Å²) in [6.07, 6.45) is 1.12. The van der Waals surface area contributed by atoms with Crippen LogP contribution in [0, 0.1) is 13.8 Å². The molecule has 18 heavy (non-hydrogen) atoms. The first kappa shape index (κ1) is 12.6. The minimum Gasteiger partial charge on any atom is -0.439 e. The van der Waals surface area contributed by atoms with Gasteiger partial charge in [-0.05, 0) is 49.6 Å². The van der Waals surface area contributed by atoms with Crippen LogP contribution in [-0.4, -0.2) is 10.1 Å². The minimum atomic E-state index is -0.507. The van der Waals surface area contributed by atoms with Gasteiger partial charge in [0, 0.05) is 12.3 Å². The maximum atomic E-state index is 9.40. The molecule has 0 aliphatic rings. The number of hydrogen-bond acceptors (Lipinski definition) is 3. The highest BCUT2D eigenvalue weighted by Gasteiger charge is 2.05. The molecule has 1 aromatic heterocycles. The van der Waals surface area contributed by atoms with E-state index in [4.69, 9.17) is 4.74 Å². The van der Waals surface area contributed by atoms with E-state index in [0.717, 1.165) is 16.9 Å². The number of aryl methyl sites for hydroxylation is 1. The predicted octanol–water partition coefficient (Wildman–Crippen LogP) is 3.54. The largest absolute Gasteiger partial charge is 0.439 e. The topological polar surface area (TPSA) is 42.4 Å². The van der Waals surface area contributed by atoms with Crippen LogP contribution in [0.4, 0.5) is 0 Å². The van der Waals surface area contributed by atoms with E-state index in [1.54, 1.807) is 19.2 Å². The lowest BCUT2D eigenvalue weighted by molar-refractivity contribution is 0.198. The van der Waals surface area contributed by atoms with E-state index in [-0.39, 0.29) is 0 Å². The molecule has 1 unspecified atom stereocenters. The molecule has 0 aliphatic heterocycles. The molecule has 0 spiro atoms. The Morgan fingerprint density at radius 3 is 2.56 bits per heavy atom. The molecule has 0 saturated heterocycles. The van der Waals surface area contributed by atoms with Crippen LogP contribution in [0.15, 0.2) is 36.5 Å². The van der Waals surface area contributed by atoms with Crippen molar-refractivity contribution in [1.82, 2.24) is 4.98 Å². The van der Waals surface area contributed by atoms with Gasteiger partial charge in [-0.2, -0.15) is 0 Å². The Hall–Kier alpha value is -1.87. The van der Waals surface area contributed by atoms with Crippen LogP contribution < -0.4 is 4.74 Å². The van der Waals surface area contributed by atoms with Gasteiger partial charge in [-0.1, -0.05) is 12.1 Å². The van der Waals surface area contributed by atoms with Crippen LogP contribution in [0.5, 0.6) is 11.6 Å². The van der Waals surface area contributed by atoms with E-state index >= 15 is 0 Å². The van der Waals surface area contributed by atoms with Crippen molar-refractivity contribution in [3.63, 3.8) is 0 Å². The highest BCUT2D eigenvalue weighted by molar-refractivity contribution is 5.40. The fourth-order valence-corrected chi connectivity index (χ4v) is 1.65. The zero-order valence-electron chi connectivity index (χ0n) is 10.8. The van der Waals surface area contributed by atoms with Crippen molar-refractivity contribution in [3.8, 4) is 11.6 Å². The molecular formula is C15H17NO2. The van der Waals surface area contributed by atoms with Crippen LogP contribution in [0.3, 0.4) is 0 Å². The van der Waals surface area contributed by atoms with Crippen LogP contribution >= 0.6 is 0 Å². The second-order valence-corrected chi connectivity index (χ2v) is 4.41. The number of hydrogen-bond donors (Lipinski definition) is 1. The molecule has 0 saturated carbocycles. The second kappa shape index (κ2) is 5.19. The van der Waals surface area contributed by atoms with Crippen molar-refractivity contribution in [1.29, 1.82) is 0 Å². The maximum Gasteiger partial charge on any atom is 0.219 e. The van der Waals surface area contributed by atoms with E-state index < -0.39 is 6.10 Å². The van der Waals surface area contributed by atoms with Crippen molar-refractivity contribution < 1.29 is 9.84 Å². The van der Waals surface area contributed by atoms with E-state index in [9.17, 15) is 5.11 Å². The van der Waals surface area contributed by atoms with Gasteiger partial charge < -0.3 is 9.84 Å². The Labute approximate surface area is 107 Å². The van der Waals surface area contributed by atoms with E-state index in [1.165, 1.54) is 5.56 Å². The summed E-state index contributed by atoms with van der Waals surface area (Å²) in [5.74, 6) is 1.35. The molecule has 1 N–H and O–H groups in total. The number of aromatic nitrogens is 1. The zero-order valence-corrected chi connectivity index (χ0v) is 10.8. The fourth-order valence-electron chi connectivity index (χ4n) is 1.65. The summed E-state index contributed by atoms with van der Waals surface area (Å²) in [5, 5.41) is 9.40. The van der Waals surface area contributed by atoms with Crippen LogP contribution in [0.1, 0.15) is 29.7 Å². The molecule has 3 nitrogen and oxygen atoms in total. The summed E-state index contributed by atoms with van der Waals surface area (Å²) in [4.78, 5) is 4.18. The monoisotopic (exact) mass is 243 g/mol. The second-order valence-electron chi connectivity index (χ2n) is 4.41. The van der Waals surface area contributed by atoms with Crippen molar-refractivity contribution in [2.24, 2.45) is 0 Å². The quantitative estimate of drug-likeness (QED) is 0.896. The molecule has 0 bridgehead atoms. The minimum absolute atomic E-state index is 0.507. The molecule has 0 aliphatic carbocycles. The van der Waals surface area contributed by atoms with Gasteiger partial charge in [-0.3, -0.25) is 0 Å². The first-order chi connectivity index (χ1) is 8.58. The Balaban J connectivity index is 2.21. The molecule has 3 heteroatoms. The van der Waals surface area contributed by atoms with Crippen molar-refractivity contribution >= 4 is 0 Å². The molecule has 2 rings (SSSR count). The summed E-state index contributed by atoms with van der Waals surface area (Å²) in [6, 6.07) is 9.52. The van der Waals surface area contributed by atoms with E-state index in [0.29, 0.717) is 5.88 Å². The average Bonchev–Trinajstić information content (AvgIpc) is 2.36. The third-order valence-electron chi connectivity index (χ3n) is 3.01. The third-order valence-corrected chi connectivity index (χ3v) is 3.01. The third kappa shape index (κ3) is 2.68. The van der Waals surface area contributed by atoms with Crippen LogP contribution in [0.25, 0.3) is 0 Å². The molecule has 0 amide bonds. The first-order valence-corrected chi connectivity index (χ1v) is 5.96. The van der Waals surface area contributed by atoms with Gasteiger partial charge in [0.1, 0.15) is 5.75 Å². The molecule has 1 aromatic carbocycles. The summed E-state index contributed by atoms with van der Waals surface area (Å²) >= 11 is 0. The average molecular weight is 243 g/mol. The smallest absolute Gasteiger partial charge is 0.219 e. The lowest BCUT2D eigenvalue weighted by Crippen LogP contribution is -1.95. The van der Waals surface area contributed by atoms with Crippen molar-refractivity contribution in [2.45, 2.75) is 26.9 Å². The van der Waals surface area contributed by atoms with Crippen molar-refractivity contribution in [3.05, 3.63) is 53.2 Å². The number of aliphatic hydroxyl groups is 1. The summed E-state index contributed by atoms with van der Waals surface area (Å²) in [6.45, 7) is 5.78. The molecule has 0 radical (unpaired) electrons. The lowest BCUT2D eigenvalue weighted by atomic mass is 10.1. The van der Waals surface area contributed by atoms with Gasteiger partial charge in [0.15, 0.2) is 0 Å². The van der Waals surface area contributed by atoms with Gasteiger partial charge in [-0.25, -0.2) is 4.98 Å². The molecule has 0 fully saturated rings. The van der Waals surface area contributed by atoms with Crippen LogP contribution in [0.2, 0.25) is 0 Å². The fraction of sp³-hybridized carbons (Fsp3) is 0.267. The Kier molecular flexibility index (Phi) is 3.63. The van der Waals surface area contributed by atoms with Crippen LogP contribution in [-0.2, 0) is 0 Å². The number of benzene rings is 1. The Morgan fingerprint density at radius 1 is 1.17 bits per heavy atom. The molecule has 1 atom stereocenters. The van der Waals surface area contributed by atoms with Crippen molar-refractivity contribution in [2.75, 3.05) is 0 Å². The lowest BCUT2D eigenvalue weighted by Gasteiger charge is -2.10. The number of pyridine rings is 1. The van der Waals surface area contributed by atoms with Gasteiger partial charge in [-0.15, -0.1) is 0 Å².